The predicted molar refractivity (Wildman–Crippen MR) is 72.1 cm³/mol. The first-order chi connectivity index (χ1) is 9.69. The van der Waals surface area contributed by atoms with Crippen LogP contribution in [0.4, 0.5) is 8.78 Å². The molecule has 0 N–H and O–H groups in total. The normalized spacial score (nSPS) is 10.7. The molecule has 0 spiro atoms. The molecule has 0 atom stereocenters. The van der Waals surface area contributed by atoms with E-state index in [-0.39, 0.29) is 0 Å². The number of aromatic nitrogens is 1. The van der Waals surface area contributed by atoms with Crippen LogP contribution < -0.4 is 0 Å². The van der Waals surface area contributed by atoms with Gasteiger partial charge in [0, 0.05) is 23.6 Å². The van der Waals surface area contributed by atoms with Crippen LogP contribution in [-0.2, 0) is 6.54 Å². The van der Waals surface area contributed by atoms with Crippen LogP contribution in [-0.4, -0.2) is 4.57 Å². The van der Waals surface area contributed by atoms with Gasteiger partial charge < -0.3 is 4.57 Å². The van der Waals surface area contributed by atoms with Gasteiger partial charge in [0.1, 0.15) is 0 Å². The second kappa shape index (κ2) is 4.78. The van der Waals surface area contributed by atoms with Crippen LogP contribution >= 0.6 is 0 Å². The fourth-order valence-electron chi connectivity index (χ4n) is 2.29. The second-order valence-electron chi connectivity index (χ2n) is 4.54. The molecular formula is C16H10F2N2. The first-order valence-electron chi connectivity index (χ1n) is 6.11. The summed E-state index contributed by atoms with van der Waals surface area (Å²) in [5.41, 5.74) is 2.17. The fraction of sp³-hybridized carbons (Fsp3) is 0.0625. The average molecular weight is 268 g/mol. The topological polar surface area (TPSA) is 28.7 Å². The Morgan fingerprint density at radius 3 is 2.65 bits per heavy atom. The molecule has 0 aliphatic heterocycles. The van der Waals surface area contributed by atoms with Crippen LogP contribution in [0.5, 0.6) is 0 Å². The van der Waals surface area contributed by atoms with Gasteiger partial charge >= 0.3 is 0 Å². The molecule has 3 aromatic rings. The van der Waals surface area contributed by atoms with E-state index in [0.29, 0.717) is 17.7 Å². The number of halogens is 2. The third-order valence-electron chi connectivity index (χ3n) is 3.27. The van der Waals surface area contributed by atoms with Gasteiger partial charge in [0.05, 0.1) is 11.6 Å². The van der Waals surface area contributed by atoms with E-state index in [1.807, 2.05) is 29.0 Å². The van der Waals surface area contributed by atoms with Crippen molar-refractivity contribution in [3.63, 3.8) is 0 Å². The van der Waals surface area contributed by atoms with E-state index >= 15 is 0 Å². The van der Waals surface area contributed by atoms with Gasteiger partial charge in [-0.1, -0.05) is 12.1 Å². The summed E-state index contributed by atoms with van der Waals surface area (Å²) < 4.78 is 28.0. The van der Waals surface area contributed by atoms with E-state index in [0.717, 1.165) is 17.0 Å². The lowest BCUT2D eigenvalue weighted by Crippen LogP contribution is -1.99. The summed E-state index contributed by atoms with van der Waals surface area (Å²) in [5, 5.41) is 9.91. The maximum atomic E-state index is 13.2. The predicted octanol–water partition coefficient (Wildman–Crippen LogP) is 3.84. The molecule has 0 amide bonds. The van der Waals surface area contributed by atoms with Crippen LogP contribution in [0.2, 0.25) is 0 Å². The number of nitrogens with zero attached hydrogens (tertiary/aromatic N) is 2. The van der Waals surface area contributed by atoms with Gasteiger partial charge in [-0.05, 0) is 35.9 Å². The van der Waals surface area contributed by atoms with Gasteiger partial charge in [0.15, 0.2) is 11.6 Å². The molecule has 0 radical (unpaired) electrons. The van der Waals surface area contributed by atoms with Crippen molar-refractivity contribution in [2.75, 3.05) is 0 Å². The van der Waals surface area contributed by atoms with Crippen molar-refractivity contribution in [3.8, 4) is 6.07 Å². The average Bonchev–Trinajstić information content (AvgIpc) is 2.86. The summed E-state index contributed by atoms with van der Waals surface area (Å²) in [6.45, 7) is 0.426. The molecule has 4 heteroatoms. The first-order valence-corrected chi connectivity index (χ1v) is 6.11. The number of rotatable bonds is 2. The summed E-state index contributed by atoms with van der Waals surface area (Å²) >= 11 is 0. The Labute approximate surface area is 114 Å². The van der Waals surface area contributed by atoms with Crippen molar-refractivity contribution in [1.82, 2.24) is 4.57 Å². The van der Waals surface area contributed by atoms with Crippen LogP contribution in [0.3, 0.4) is 0 Å². The third kappa shape index (κ3) is 2.04. The fourth-order valence-corrected chi connectivity index (χ4v) is 2.29. The van der Waals surface area contributed by atoms with E-state index in [1.54, 1.807) is 12.1 Å². The molecule has 3 rings (SSSR count). The molecule has 20 heavy (non-hydrogen) atoms. The van der Waals surface area contributed by atoms with Crippen LogP contribution in [0, 0.1) is 23.0 Å². The van der Waals surface area contributed by atoms with Gasteiger partial charge in [0.25, 0.3) is 0 Å². The standard InChI is InChI=1S/C16H10F2N2/c17-14-5-4-11(8-15(14)18)10-20-7-6-13-12(9-19)2-1-3-16(13)20/h1-8H,10H2. The number of hydrogen-bond acceptors (Lipinski definition) is 1. The Kier molecular flexibility index (Phi) is 2.96. The number of benzene rings is 2. The molecule has 0 bridgehead atoms. The van der Waals surface area contributed by atoms with E-state index in [2.05, 4.69) is 6.07 Å². The Morgan fingerprint density at radius 1 is 1.05 bits per heavy atom. The molecule has 0 saturated heterocycles. The Bertz CT molecular complexity index is 828. The Balaban J connectivity index is 2.03. The molecule has 0 aliphatic carbocycles. The van der Waals surface area contributed by atoms with E-state index < -0.39 is 11.6 Å². The number of nitriles is 1. The first kappa shape index (κ1) is 12.4. The number of fused-ring (bicyclic) bond motifs is 1. The smallest absolute Gasteiger partial charge is 0.159 e. The van der Waals surface area contributed by atoms with Gasteiger partial charge in [0.2, 0.25) is 0 Å². The third-order valence-corrected chi connectivity index (χ3v) is 3.27. The van der Waals surface area contributed by atoms with Crippen molar-refractivity contribution in [1.29, 1.82) is 5.26 Å². The second-order valence-corrected chi connectivity index (χ2v) is 4.54. The zero-order valence-electron chi connectivity index (χ0n) is 10.5. The van der Waals surface area contributed by atoms with Gasteiger partial charge in [-0.2, -0.15) is 5.26 Å². The highest BCUT2D eigenvalue weighted by atomic mass is 19.2. The molecule has 1 aromatic heterocycles. The van der Waals surface area contributed by atoms with E-state index in [4.69, 9.17) is 5.26 Å². The lowest BCUT2D eigenvalue weighted by Gasteiger charge is -2.06. The SMILES string of the molecule is N#Cc1cccc2c1ccn2Cc1ccc(F)c(F)c1. The van der Waals surface area contributed by atoms with E-state index in [1.165, 1.54) is 6.07 Å². The van der Waals surface area contributed by atoms with Crippen LogP contribution in [0.25, 0.3) is 10.9 Å². The highest BCUT2D eigenvalue weighted by Crippen LogP contribution is 2.21. The number of hydrogen-bond donors (Lipinski definition) is 0. The Hall–Kier alpha value is -2.67. The molecule has 0 aliphatic rings. The molecular weight excluding hydrogens is 258 g/mol. The van der Waals surface area contributed by atoms with E-state index in [9.17, 15) is 8.78 Å². The summed E-state index contributed by atoms with van der Waals surface area (Å²) in [6, 6.07) is 13.3. The monoisotopic (exact) mass is 268 g/mol. The lowest BCUT2D eigenvalue weighted by atomic mass is 10.1. The minimum atomic E-state index is -0.850. The minimum absolute atomic E-state index is 0.426. The lowest BCUT2D eigenvalue weighted by molar-refractivity contribution is 0.506. The quantitative estimate of drug-likeness (QED) is 0.694. The molecule has 1 heterocycles. The highest BCUT2D eigenvalue weighted by molar-refractivity contribution is 5.86. The molecule has 2 aromatic carbocycles. The largest absolute Gasteiger partial charge is 0.343 e. The summed E-state index contributed by atoms with van der Waals surface area (Å²) in [7, 11) is 0. The van der Waals surface area contributed by atoms with Crippen molar-refractivity contribution in [2.24, 2.45) is 0 Å². The molecule has 0 saturated carbocycles. The summed E-state index contributed by atoms with van der Waals surface area (Å²) in [6.07, 6.45) is 1.84. The molecule has 98 valence electrons. The van der Waals surface area contributed by atoms with Crippen molar-refractivity contribution < 1.29 is 8.78 Å². The highest BCUT2D eigenvalue weighted by Gasteiger charge is 2.07. The van der Waals surface area contributed by atoms with Gasteiger partial charge in [-0.25, -0.2) is 8.78 Å². The molecule has 2 nitrogen and oxygen atoms in total. The van der Waals surface area contributed by atoms with Crippen LogP contribution in [0.15, 0.2) is 48.7 Å². The summed E-state index contributed by atoms with van der Waals surface area (Å²) in [5.74, 6) is -1.70. The minimum Gasteiger partial charge on any atom is -0.343 e. The van der Waals surface area contributed by atoms with Crippen LogP contribution in [0.1, 0.15) is 11.1 Å². The summed E-state index contributed by atoms with van der Waals surface area (Å²) in [4.78, 5) is 0. The zero-order valence-corrected chi connectivity index (χ0v) is 10.5. The molecule has 0 unspecified atom stereocenters. The van der Waals surface area contributed by atoms with Crippen molar-refractivity contribution in [3.05, 3.63) is 71.4 Å². The van der Waals surface area contributed by atoms with Gasteiger partial charge in [-0.3, -0.25) is 0 Å². The maximum absolute atomic E-state index is 13.2. The molecule has 0 fully saturated rings. The van der Waals surface area contributed by atoms with Gasteiger partial charge in [-0.15, -0.1) is 0 Å². The van der Waals surface area contributed by atoms with Crippen molar-refractivity contribution >= 4 is 10.9 Å². The maximum Gasteiger partial charge on any atom is 0.159 e. The Morgan fingerprint density at radius 2 is 1.90 bits per heavy atom. The van der Waals surface area contributed by atoms with Crippen molar-refractivity contribution in [2.45, 2.75) is 6.54 Å². The zero-order chi connectivity index (χ0) is 14.1.